The van der Waals surface area contributed by atoms with Crippen molar-refractivity contribution in [3.8, 4) is 5.75 Å². The van der Waals surface area contributed by atoms with Crippen molar-refractivity contribution in [2.24, 2.45) is 0 Å². The fourth-order valence-electron chi connectivity index (χ4n) is 3.30. The van der Waals surface area contributed by atoms with E-state index >= 15 is 0 Å². The third kappa shape index (κ3) is 5.47. The van der Waals surface area contributed by atoms with Crippen LogP contribution in [0.4, 0.5) is 0 Å². The first-order chi connectivity index (χ1) is 13.6. The number of rotatable bonds is 8. The molecule has 1 aromatic carbocycles. The van der Waals surface area contributed by atoms with Crippen molar-refractivity contribution < 1.29 is 23.6 Å². The average Bonchev–Trinajstić information content (AvgIpc) is 2.70. The zero-order chi connectivity index (χ0) is 19.9. The predicted octanol–water partition coefficient (Wildman–Crippen LogP) is 0.809. The summed E-state index contributed by atoms with van der Waals surface area (Å²) in [5.74, 6) is 0.107. The summed E-state index contributed by atoms with van der Waals surface area (Å²) in [4.78, 5) is 25.2. The summed E-state index contributed by atoms with van der Waals surface area (Å²) in [6.07, 6.45) is 1.59. The van der Waals surface area contributed by atoms with Crippen LogP contribution in [-0.4, -0.2) is 51.9 Å². The molecule has 152 valence electrons. The topological polar surface area (TPSA) is 82.2 Å². The number of fused-ring (bicyclic) bond motifs is 1. The first-order valence-electron chi connectivity index (χ1n) is 9.64. The van der Waals surface area contributed by atoms with Crippen molar-refractivity contribution in [1.82, 2.24) is 5.32 Å². The number of hydrogen-bond donors (Lipinski definition) is 2. The second-order valence-electron chi connectivity index (χ2n) is 6.83. The highest BCUT2D eigenvalue weighted by molar-refractivity contribution is 6.32. The van der Waals surface area contributed by atoms with E-state index in [9.17, 15) is 9.59 Å². The molecule has 0 saturated carbocycles. The van der Waals surface area contributed by atoms with E-state index in [1.807, 2.05) is 6.92 Å². The van der Waals surface area contributed by atoms with Gasteiger partial charge in [-0.2, -0.15) is 0 Å². The van der Waals surface area contributed by atoms with Crippen molar-refractivity contribution in [3.05, 3.63) is 39.2 Å². The Labute approximate surface area is 168 Å². The lowest BCUT2D eigenvalue weighted by Crippen LogP contribution is -3.14. The maximum atomic E-state index is 12.0. The molecule has 1 aliphatic heterocycles. The molecule has 0 unspecified atom stereocenters. The summed E-state index contributed by atoms with van der Waals surface area (Å²) in [5, 5.41) is 4.00. The SMILES string of the molecule is CCc1cc(=O)oc2cc(OCC(=O)NCCC[NH+]3CCOCC3)c(Cl)cc12. The Balaban J connectivity index is 1.50. The highest BCUT2D eigenvalue weighted by atomic mass is 35.5. The van der Waals surface area contributed by atoms with Crippen LogP contribution >= 0.6 is 11.6 Å². The third-order valence-electron chi connectivity index (χ3n) is 4.85. The van der Waals surface area contributed by atoms with E-state index in [2.05, 4.69) is 5.32 Å². The van der Waals surface area contributed by atoms with E-state index in [1.54, 1.807) is 12.1 Å². The lowest BCUT2D eigenvalue weighted by molar-refractivity contribution is -0.908. The Hall–Kier alpha value is -2.09. The van der Waals surface area contributed by atoms with E-state index < -0.39 is 5.63 Å². The van der Waals surface area contributed by atoms with Gasteiger partial charge in [0, 0.05) is 30.5 Å². The quantitative estimate of drug-likeness (QED) is 0.498. The summed E-state index contributed by atoms with van der Waals surface area (Å²) >= 11 is 6.28. The fraction of sp³-hybridized carbons (Fsp3) is 0.500. The number of carbonyl (C=O) groups is 1. The summed E-state index contributed by atoms with van der Waals surface area (Å²) in [5.41, 5.74) is 0.843. The number of halogens is 1. The number of morpholine rings is 1. The summed E-state index contributed by atoms with van der Waals surface area (Å²) in [7, 11) is 0. The monoisotopic (exact) mass is 409 g/mol. The molecular weight excluding hydrogens is 384 g/mol. The van der Waals surface area contributed by atoms with Gasteiger partial charge < -0.3 is 24.1 Å². The summed E-state index contributed by atoms with van der Waals surface area (Å²) in [6, 6.07) is 4.73. The second kappa shape index (κ2) is 9.91. The van der Waals surface area contributed by atoms with Gasteiger partial charge in [0.15, 0.2) is 6.61 Å². The van der Waals surface area contributed by atoms with E-state index in [-0.39, 0.29) is 12.5 Å². The largest absolute Gasteiger partial charge is 0.482 e. The van der Waals surface area contributed by atoms with Crippen LogP contribution in [0.15, 0.2) is 27.4 Å². The average molecular weight is 410 g/mol. The van der Waals surface area contributed by atoms with Crippen molar-refractivity contribution in [3.63, 3.8) is 0 Å². The minimum atomic E-state index is -0.419. The Morgan fingerprint density at radius 3 is 2.82 bits per heavy atom. The molecular formula is C20H26ClN2O5+. The number of ether oxygens (including phenoxy) is 2. The molecule has 0 spiro atoms. The molecule has 0 radical (unpaired) electrons. The van der Waals surface area contributed by atoms with Crippen LogP contribution in [-0.2, 0) is 16.0 Å². The number of aryl methyl sites for hydroxylation is 1. The molecule has 2 aromatic rings. The maximum absolute atomic E-state index is 12.0. The Morgan fingerprint density at radius 2 is 2.07 bits per heavy atom. The first kappa shape index (κ1) is 20.6. The van der Waals surface area contributed by atoms with Gasteiger partial charge in [0.05, 0.1) is 24.8 Å². The molecule has 1 amide bonds. The van der Waals surface area contributed by atoms with Crippen LogP contribution in [0.1, 0.15) is 18.9 Å². The third-order valence-corrected chi connectivity index (χ3v) is 5.15. The van der Waals surface area contributed by atoms with E-state index in [4.69, 9.17) is 25.5 Å². The number of benzene rings is 1. The zero-order valence-corrected chi connectivity index (χ0v) is 16.8. The molecule has 2 N–H and O–H groups in total. The highest BCUT2D eigenvalue weighted by Crippen LogP contribution is 2.31. The molecule has 1 saturated heterocycles. The number of amides is 1. The smallest absolute Gasteiger partial charge is 0.336 e. The summed E-state index contributed by atoms with van der Waals surface area (Å²) in [6.45, 7) is 7.09. The Kier molecular flexibility index (Phi) is 7.30. The second-order valence-corrected chi connectivity index (χ2v) is 7.23. The zero-order valence-electron chi connectivity index (χ0n) is 16.0. The van der Waals surface area contributed by atoms with Crippen LogP contribution in [0, 0.1) is 0 Å². The van der Waals surface area contributed by atoms with Gasteiger partial charge in [0.25, 0.3) is 5.91 Å². The molecule has 0 aliphatic carbocycles. The fourth-order valence-corrected chi connectivity index (χ4v) is 3.52. The number of hydrogen-bond acceptors (Lipinski definition) is 5. The van der Waals surface area contributed by atoms with Crippen LogP contribution in [0.25, 0.3) is 11.0 Å². The van der Waals surface area contributed by atoms with E-state index in [1.165, 1.54) is 11.0 Å². The van der Waals surface area contributed by atoms with Crippen molar-refractivity contribution in [2.45, 2.75) is 19.8 Å². The minimum Gasteiger partial charge on any atom is -0.482 e. The number of nitrogens with one attached hydrogen (secondary N) is 2. The lowest BCUT2D eigenvalue weighted by atomic mass is 10.1. The molecule has 3 rings (SSSR count). The molecule has 7 nitrogen and oxygen atoms in total. The van der Waals surface area contributed by atoms with Crippen molar-refractivity contribution >= 4 is 28.5 Å². The van der Waals surface area contributed by atoms with Gasteiger partial charge in [-0.15, -0.1) is 0 Å². The van der Waals surface area contributed by atoms with E-state index in [0.717, 1.165) is 50.2 Å². The normalized spacial score (nSPS) is 14.9. The molecule has 1 fully saturated rings. The van der Waals surface area contributed by atoms with Crippen molar-refractivity contribution in [1.29, 1.82) is 0 Å². The van der Waals surface area contributed by atoms with Crippen LogP contribution in [0.3, 0.4) is 0 Å². The molecule has 0 atom stereocenters. The van der Waals surface area contributed by atoms with Gasteiger partial charge in [-0.25, -0.2) is 4.79 Å². The molecule has 2 heterocycles. The lowest BCUT2D eigenvalue weighted by Gasteiger charge is -2.23. The van der Waals surface area contributed by atoms with Gasteiger partial charge in [-0.1, -0.05) is 18.5 Å². The standard InChI is InChI=1S/C20H25ClN2O5/c1-2-14-10-20(25)28-17-12-18(16(21)11-15(14)17)27-13-19(24)22-4-3-5-23-6-8-26-9-7-23/h10-12H,2-9,13H2,1H3,(H,22,24)/p+1. The van der Waals surface area contributed by atoms with Gasteiger partial charge >= 0.3 is 5.63 Å². The number of quaternary nitrogens is 1. The maximum Gasteiger partial charge on any atom is 0.336 e. The van der Waals surface area contributed by atoms with Crippen LogP contribution in [0.5, 0.6) is 5.75 Å². The highest BCUT2D eigenvalue weighted by Gasteiger charge is 2.14. The summed E-state index contributed by atoms with van der Waals surface area (Å²) < 4.78 is 16.1. The molecule has 1 aliphatic rings. The Morgan fingerprint density at radius 1 is 1.29 bits per heavy atom. The molecule has 8 heteroatoms. The van der Waals surface area contributed by atoms with Crippen LogP contribution in [0.2, 0.25) is 5.02 Å². The molecule has 28 heavy (non-hydrogen) atoms. The van der Waals surface area contributed by atoms with Gasteiger partial charge in [0.1, 0.15) is 24.4 Å². The van der Waals surface area contributed by atoms with E-state index in [0.29, 0.717) is 29.3 Å². The predicted molar refractivity (Wildman–Crippen MR) is 106 cm³/mol. The number of carbonyl (C=O) groups excluding carboxylic acids is 1. The first-order valence-corrected chi connectivity index (χ1v) is 10.0. The molecule has 1 aromatic heterocycles. The van der Waals surface area contributed by atoms with Crippen molar-refractivity contribution in [2.75, 3.05) is 46.0 Å². The van der Waals surface area contributed by atoms with Gasteiger partial charge in [0.2, 0.25) is 0 Å². The minimum absolute atomic E-state index is 0.145. The van der Waals surface area contributed by atoms with Gasteiger partial charge in [-0.3, -0.25) is 4.79 Å². The Bertz CT molecular complexity index is 877. The molecule has 0 bridgehead atoms. The van der Waals surface area contributed by atoms with Crippen LogP contribution < -0.4 is 20.6 Å². The van der Waals surface area contributed by atoms with Gasteiger partial charge in [-0.05, 0) is 18.1 Å².